The molecule has 0 fully saturated rings. The van der Waals surface area contributed by atoms with Crippen LogP contribution in [0.15, 0.2) is 40.8 Å². The number of nitrogens with two attached hydrogens (primary N) is 1. The summed E-state index contributed by atoms with van der Waals surface area (Å²) in [7, 11) is -3.25. The lowest BCUT2D eigenvalue weighted by molar-refractivity contribution is 0.613. The Balaban J connectivity index is 2.56. The fraction of sp³-hybridized carbons (Fsp3) is 0.0909. The molecule has 2 N–H and O–H groups in total. The first-order valence-electron chi connectivity index (χ1n) is 4.49. The Morgan fingerprint density at radius 2 is 1.93 bits per heavy atom. The van der Waals surface area contributed by atoms with Crippen LogP contribution in [0, 0.1) is 6.92 Å². The number of hydrogen-bond donors (Lipinski definition) is 1. The number of allylic oxidation sites excluding steroid dienone is 1. The van der Waals surface area contributed by atoms with Gasteiger partial charge in [-0.2, -0.15) is 0 Å². The first kappa shape index (κ1) is 9.98. The van der Waals surface area contributed by atoms with Crippen molar-refractivity contribution in [3.63, 3.8) is 0 Å². The molecule has 0 radical (unpaired) electrons. The van der Waals surface area contributed by atoms with Gasteiger partial charge in [-0.15, -0.1) is 0 Å². The van der Waals surface area contributed by atoms with Crippen molar-refractivity contribution < 1.29 is 8.42 Å². The van der Waals surface area contributed by atoms with Gasteiger partial charge in [0.25, 0.3) is 0 Å². The molecule has 0 bridgehead atoms. The largest absolute Gasteiger partial charge is 0.398 e. The fourth-order valence-corrected chi connectivity index (χ4v) is 2.70. The molecular weight excluding hydrogens is 210 g/mol. The van der Waals surface area contributed by atoms with Gasteiger partial charge in [-0.3, -0.25) is 0 Å². The van der Waals surface area contributed by atoms with Crippen LogP contribution in [-0.2, 0) is 9.84 Å². The van der Waals surface area contributed by atoms with Crippen molar-refractivity contribution in [3.8, 4) is 0 Å². The summed E-state index contributed by atoms with van der Waals surface area (Å²) in [5, 5.41) is 2.29. The molecule has 3 nitrogen and oxygen atoms in total. The average Bonchev–Trinajstić information content (AvgIpc) is 2.40. The zero-order chi connectivity index (χ0) is 11.1. The summed E-state index contributed by atoms with van der Waals surface area (Å²) in [4.78, 5) is 0. The molecule has 1 heterocycles. The Bertz CT molecular complexity index is 568. The SMILES string of the molecule is Cc1cccc(C2=CS(=O)(=O)C=C2N)c1. The van der Waals surface area contributed by atoms with E-state index in [4.69, 9.17) is 5.73 Å². The van der Waals surface area contributed by atoms with Gasteiger partial charge in [-0.05, 0) is 12.5 Å². The minimum atomic E-state index is -3.25. The molecule has 0 aromatic heterocycles. The first-order chi connectivity index (χ1) is 6.98. The smallest absolute Gasteiger partial charge is 0.195 e. The van der Waals surface area contributed by atoms with Crippen molar-refractivity contribution in [1.29, 1.82) is 0 Å². The number of benzene rings is 1. The highest BCUT2D eigenvalue weighted by Crippen LogP contribution is 2.27. The van der Waals surface area contributed by atoms with Crippen LogP contribution in [0.1, 0.15) is 11.1 Å². The number of aryl methyl sites for hydroxylation is 1. The van der Waals surface area contributed by atoms with Gasteiger partial charge in [0.15, 0.2) is 9.84 Å². The Morgan fingerprint density at radius 1 is 1.20 bits per heavy atom. The summed E-state index contributed by atoms with van der Waals surface area (Å²) >= 11 is 0. The Labute approximate surface area is 88.8 Å². The quantitative estimate of drug-likeness (QED) is 0.783. The zero-order valence-electron chi connectivity index (χ0n) is 8.27. The summed E-state index contributed by atoms with van der Waals surface area (Å²) in [5.74, 6) is 0. The van der Waals surface area contributed by atoms with Crippen LogP contribution in [0.5, 0.6) is 0 Å². The lowest BCUT2D eigenvalue weighted by atomic mass is 10.0. The van der Waals surface area contributed by atoms with Crippen LogP contribution in [-0.4, -0.2) is 8.42 Å². The van der Waals surface area contributed by atoms with Crippen molar-refractivity contribution in [1.82, 2.24) is 0 Å². The topological polar surface area (TPSA) is 60.2 Å². The Kier molecular flexibility index (Phi) is 2.16. The van der Waals surface area contributed by atoms with Crippen LogP contribution < -0.4 is 5.73 Å². The lowest BCUT2D eigenvalue weighted by Gasteiger charge is -2.03. The Morgan fingerprint density at radius 3 is 2.47 bits per heavy atom. The minimum Gasteiger partial charge on any atom is -0.398 e. The van der Waals surface area contributed by atoms with Gasteiger partial charge in [-0.1, -0.05) is 29.8 Å². The van der Waals surface area contributed by atoms with Crippen molar-refractivity contribution in [2.45, 2.75) is 6.92 Å². The maximum atomic E-state index is 11.3. The van der Waals surface area contributed by atoms with E-state index in [0.717, 1.165) is 16.5 Å². The molecule has 0 atom stereocenters. The molecule has 0 saturated carbocycles. The standard InChI is InChI=1S/C11H11NO2S/c1-8-3-2-4-9(5-8)10-6-15(13,14)7-11(10)12/h2-7H,12H2,1H3. The molecule has 4 heteroatoms. The first-order valence-corrected chi connectivity index (χ1v) is 6.10. The van der Waals surface area contributed by atoms with Gasteiger partial charge in [0, 0.05) is 11.0 Å². The Hall–Kier alpha value is -1.55. The monoisotopic (exact) mass is 221 g/mol. The van der Waals surface area contributed by atoms with Crippen LogP contribution >= 0.6 is 0 Å². The van der Waals surface area contributed by atoms with Crippen LogP contribution in [0.4, 0.5) is 0 Å². The molecule has 1 aliphatic heterocycles. The normalized spacial score (nSPS) is 18.5. The van der Waals surface area contributed by atoms with Gasteiger partial charge < -0.3 is 5.73 Å². The van der Waals surface area contributed by atoms with Gasteiger partial charge in [0.2, 0.25) is 0 Å². The summed E-state index contributed by atoms with van der Waals surface area (Å²) in [6.45, 7) is 1.95. The number of rotatable bonds is 1. The number of sulfone groups is 1. The van der Waals surface area contributed by atoms with E-state index in [1.54, 1.807) is 0 Å². The second-order valence-electron chi connectivity index (χ2n) is 3.56. The highest BCUT2D eigenvalue weighted by Gasteiger charge is 2.18. The third-order valence-electron chi connectivity index (χ3n) is 2.21. The van der Waals surface area contributed by atoms with Crippen molar-refractivity contribution in [2.75, 3.05) is 0 Å². The molecule has 2 rings (SSSR count). The summed E-state index contributed by atoms with van der Waals surface area (Å²) in [5.41, 5.74) is 8.45. The van der Waals surface area contributed by atoms with E-state index in [0.29, 0.717) is 11.3 Å². The van der Waals surface area contributed by atoms with E-state index in [-0.39, 0.29) is 0 Å². The highest BCUT2D eigenvalue weighted by atomic mass is 32.2. The predicted octanol–water partition coefficient (Wildman–Crippen LogP) is 1.56. The number of hydrogen-bond acceptors (Lipinski definition) is 3. The van der Waals surface area contributed by atoms with Gasteiger partial charge in [-0.25, -0.2) is 8.42 Å². The zero-order valence-corrected chi connectivity index (χ0v) is 9.08. The molecule has 0 amide bonds. The maximum Gasteiger partial charge on any atom is 0.195 e. The maximum absolute atomic E-state index is 11.3. The molecule has 0 aliphatic carbocycles. The fourth-order valence-electron chi connectivity index (χ4n) is 1.55. The molecule has 1 aromatic carbocycles. The van der Waals surface area contributed by atoms with Gasteiger partial charge in [0.05, 0.1) is 11.1 Å². The van der Waals surface area contributed by atoms with E-state index < -0.39 is 9.84 Å². The minimum absolute atomic E-state index is 0.306. The molecule has 0 unspecified atom stereocenters. The second kappa shape index (κ2) is 3.24. The van der Waals surface area contributed by atoms with Crippen molar-refractivity contribution in [3.05, 3.63) is 51.9 Å². The molecule has 15 heavy (non-hydrogen) atoms. The van der Waals surface area contributed by atoms with Crippen LogP contribution in [0.25, 0.3) is 5.57 Å². The van der Waals surface area contributed by atoms with Crippen molar-refractivity contribution >= 4 is 15.4 Å². The molecule has 0 saturated heterocycles. The average molecular weight is 221 g/mol. The molecule has 78 valence electrons. The molecular formula is C11H11NO2S. The third-order valence-corrected chi connectivity index (χ3v) is 3.36. The van der Waals surface area contributed by atoms with Gasteiger partial charge >= 0.3 is 0 Å². The van der Waals surface area contributed by atoms with Crippen LogP contribution in [0.3, 0.4) is 0 Å². The van der Waals surface area contributed by atoms with E-state index in [2.05, 4.69) is 0 Å². The third kappa shape index (κ3) is 1.94. The van der Waals surface area contributed by atoms with Crippen molar-refractivity contribution in [2.24, 2.45) is 5.73 Å². The second-order valence-corrected chi connectivity index (χ2v) is 5.21. The van der Waals surface area contributed by atoms with Crippen LogP contribution in [0.2, 0.25) is 0 Å². The molecule has 1 aromatic rings. The van der Waals surface area contributed by atoms with E-state index >= 15 is 0 Å². The summed E-state index contributed by atoms with van der Waals surface area (Å²) < 4.78 is 22.6. The van der Waals surface area contributed by atoms with E-state index in [1.165, 1.54) is 5.41 Å². The van der Waals surface area contributed by atoms with E-state index in [9.17, 15) is 8.42 Å². The summed E-state index contributed by atoms with van der Waals surface area (Å²) in [6.07, 6.45) is 0. The summed E-state index contributed by atoms with van der Waals surface area (Å²) in [6, 6.07) is 7.59. The molecule has 0 spiro atoms. The lowest BCUT2D eigenvalue weighted by Crippen LogP contribution is -1.97. The highest BCUT2D eigenvalue weighted by molar-refractivity contribution is 7.97. The van der Waals surface area contributed by atoms with E-state index in [1.807, 2.05) is 31.2 Å². The molecule has 1 aliphatic rings. The predicted molar refractivity (Wildman–Crippen MR) is 60.3 cm³/mol. The van der Waals surface area contributed by atoms with Gasteiger partial charge in [0.1, 0.15) is 0 Å².